The molecule has 3 aromatic carbocycles. The Labute approximate surface area is 183 Å². The van der Waals surface area contributed by atoms with Gasteiger partial charge < -0.3 is 5.32 Å². The fourth-order valence-corrected chi connectivity index (χ4v) is 3.35. The summed E-state index contributed by atoms with van der Waals surface area (Å²) in [6, 6.07) is 29.8. The molecule has 0 heterocycles. The molecular formula is C26H27N3O2. The van der Waals surface area contributed by atoms with E-state index in [1.165, 1.54) is 0 Å². The summed E-state index contributed by atoms with van der Waals surface area (Å²) in [6.07, 6.45) is 0.201. The number of rotatable bonds is 9. The standard InChI is InChI=1S/C26H27N3O2/c1-20(26(22-13-7-3-8-14-22)23-15-9-4-10-16-23)28-29-25(31)18-17-24(30)27-19-21-11-5-2-6-12-21/h2-16,26H,17-19H2,1H3,(H,27,30)(H,29,31)/b28-20+. The molecule has 3 rings (SSSR count). The summed E-state index contributed by atoms with van der Waals surface area (Å²) in [6.45, 7) is 2.35. The number of hydrogen-bond acceptors (Lipinski definition) is 3. The molecule has 0 radical (unpaired) electrons. The molecule has 0 saturated heterocycles. The van der Waals surface area contributed by atoms with E-state index in [1.54, 1.807) is 0 Å². The molecule has 0 aliphatic carbocycles. The Balaban J connectivity index is 1.55. The first-order valence-electron chi connectivity index (χ1n) is 10.4. The van der Waals surface area contributed by atoms with Crippen molar-refractivity contribution in [2.75, 3.05) is 0 Å². The van der Waals surface area contributed by atoms with E-state index < -0.39 is 0 Å². The van der Waals surface area contributed by atoms with E-state index in [0.29, 0.717) is 6.54 Å². The van der Waals surface area contributed by atoms with Crippen LogP contribution < -0.4 is 10.7 Å². The lowest BCUT2D eigenvalue weighted by molar-refractivity contribution is -0.126. The van der Waals surface area contributed by atoms with Crippen molar-refractivity contribution in [3.8, 4) is 0 Å². The van der Waals surface area contributed by atoms with Crippen molar-refractivity contribution in [3.05, 3.63) is 108 Å². The number of amides is 2. The summed E-state index contributed by atoms with van der Waals surface area (Å²) in [5.41, 5.74) is 6.60. The molecule has 2 N–H and O–H groups in total. The van der Waals surface area contributed by atoms with Crippen LogP contribution in [-0.4, -0.2) is 17.5 Å². The molecule has 31 heavy (non-hydrogen) atoms. The van der Waals surface area contributed by atoms with Crippen LogP contribution >= 0.6 is 0 Å². The zero-order chi connectivity index (χ0) is 21.9. The van der Waals surface area contributed by atoms with Crippen LogP contribution in [0.5, 0.6) is 0 Å². The normalized spacial score (nSPS) is 11.2. The largest absolute Gasteiger partial charge is 0.352 e. The van der Waals surface area contributed by atoms with Gasteiger partial charge >= 0.3 is 0 Å². The van der Waals surface area contributed by atoms with Crippen LogP contribution in [0.2, 0.25) is 0 Å². The van der Waals surface area contributed by atoms with Gasteiger partial charge in [0.25, 0.3) is 0 Å². The number of hydrazone groups is 1. The SMILES string of the molecule is C/C(=N\NC(=O)CCC(=O)NCc1ccccc1)C(c1ccccc1)c1ccccc1. The maximum atomic E-state index is 12.2. The number of nitrogens with one attached hydrogen (secondary N) is 2. The summed E-state index contributed by atoms with van der Waals surface area (Å²) in [4.78, 5) is 24.2. The van der Waals surface area contributed by atoms with Crippen LogP contribution in [-0.2, 0) is 16.1 Å². The Morgan fingerprint density at radius 3 is 1.77 bits per heavy atom. The van der Waals surface area contributed by atoms with Gasteiger partial charge in [0.1, 0.15) is 0 Å². The van der Waals surface area contributed by atoms with E-state index in [1.807, 2.05) is 73.7 Å². The molecular weight excluding hydrogens is 386 g/mol. The minimum absolute atomic E-state index is 0.0585. The number of benzene rings is 3. The van der Waals surface area contributed by atoms with Crippen molar-refractivity contribution in [3.63, 3.8) is 0 Å². The monoisotopic (exact) mass is 413 g/mol. The minimum Gasteiger partial charge on any atom is -0.352 e. The van der Waals surface area contributed by atoms with Crippen LogP contribution in [0, 0.1) is 0 Å². The van der Waals surface area contributed by atoms with E-state index in [9.17, 15) is 9.59 Å². The number of nitrogens with zero attached hydrogens (tertiary/aromatic N) is 1. The molecule has 0 atom stereocenters. The van der Waals surface area contributed by atoms with Gasteiger partial charge in [0.15, 0.2) is 0 Å². The summed E-state index contributed by atoms with van der Waals surface area (Å²) in [7, 11) is 0. The first-order chi connectivity index (χ1) is 15.1. The van der Waals surface area contributed by atoms with Crippen molar-refractivity contribution >= 4 is 17.5 Å². The topological polar surface area (TPSA) is 70.6 Å². The van der Waals surface area contributed by atoms with Crippen molar-refractivity contribution in [1.82, 2.24) is 10.7 Å². The van der Waals surface area contributed by atoms with E-state index >= 15 is 0 Å². The van der Waals surface area contributed by atoms with Gasteiger partial charge in [-0.1, -0.05) is 91.0 Å². The zero-order valence-electron chi connectivity index (χ0n) is 17.6. The first kappa shape index (κ1) is 22.0. The lowest BCUT2D eigenvalue weighted by atomic mass is 9.88. The third-order valence-corrected chi connectivity index (χ3v) is 4.95. The van der Waals surface area contributed by atoms with Crippen molar-refractivity contribution in [2.24, 2.45) is 5.10 Å². The second-order valence-corrected chi connectivity index (χ2v) is 7.30. The van der Waals surface area contributed by atoms with Gasteiger partial charge in [-0.15, -0.1) is 0 Å². The van der Waals surface area contributed by atoms with Crippen molar-refractivity contribution in [2.45, 2.75) is 32.2 Å². The Bertz CT molecular complexity index is 963. The quantitative estimate of drug-likeness (QED) is 0.403. The fraction of sp³-hybridized carbons (Fsp3) is 0.192. The predicted octanol–water partition coefficient (Wildman–Crippen LogP) is 4.41. The lowest BCUT2D eigenvalue weighted by Gasteiger charge is -2.18. The average molecular weight is 414 g/mol. The average Bonchev–Trinajstić information content (AvgIpc) is 2.82. The van der Waals surface area contributed by atoms with Gasteiger partial charge in [0, 0.05) is 31.0 Å². The second-order valence-electron chi connectivity index (χ2n) is 7.30. The lowest BCUT2D eigenvalue weighted by Crippen LogP contribution is -2.26. The summed E-state index contributed by atoms with van der Waals surface area (Å²) in [5.74, 6) is -0.503. The second kappa shape index (κ2) is 11.5. The van der Waals surface area contributed by atoms with Crippen LogP contribution in [0.15, 0.2) is 96.1 Å². The molecule has 2 amide bonds. The zero-order valence-corrected chi connectivity index (χ0v) is 17.6. The van der Waals surface area contributed by atoms with Crippen LogP contribution in [0.4, 0.5) is 0 Å². The van der Waals surface area contributed by atoms with E-state index in [-0.39, 0.29) is 30.6 Å². The van der Waals surface area contributed by atoms with E-state index in [4.69, 9.17) is 0 Å². The fourth-order valence-electron chi connectivity index (χ4n) is 3.35. The molecule has 5 heteroatoms. The molecule has 5 nitrogen and oxygen atoms in total. The highest BCUT2D eigenvalue weighted by atomic mass is 16.2. The molecule has 3 aromatic rings. The molecule has 0 aliphatic heterocycles. The first-order valence-corrected chi connectivity index (χ1v) is 10.4. The molecule has 0 unspecified atom stereocenters. The molecule has 0 spiro atoms. The third-order valence-electron chi connectivity index (χ3n) is 4.95. The van der Waals surface area contributed by atoms with Crippen LogP contribution in [0.25, 0.3) is 0 Å². The molecule has 0 saturated carbocycles. The number of carbonyl (C=O) groups is 2. The van der Waals surface area contributed by atoms with Gasteiger partial charge in [-0.2, -0.15) is 5.10 Å². The highest BCUT2D eigenvalue weighted by Gasteiger charge is 2.17. The summed E-state index contributed by atoms with van der Waals surface area (Å²) >= 11 is 0. The summed E-state index contributed by atoms with van der Waals surface area (Å²) in [5, 5.41) is 7.16. The van der Waals surface area contributed by atoms with Gasteiger partial charge in [-0.25, -0.2) is 5.43 Å². The Hall–Kier alpha value is -3.73. The van der Waals surface area contributed by atoms with Gasteiger partial charge in [0.05, 0.1) is 0 Å². The molecule has 0 aromatic heterocycles. The van der Waals surface area contributed by atoms with Crippen molar-refractivity contribution < 1.29 is 9.59 Å². The maximum absolute atomic E-state index is 12.2. The van der Waals surface area contributed by atoms with Gasteiger partial charge in [0.2, 0.25) is 11.8 Å². The summed E-state index contributed by atoms with van der Waals surface area (Å²) < 4.78 is 0. The Kier molecular flexibility index (Phi) is 8.12. The molecule has 0 bridgehead atoms. The number of carbonyl (C=O) groups excluding carboxylic acids is 2. The highest BCUT2D eigenvalue weighted by molar-refractivity contribution is 5.93. The molecule has 0 fully saturated rings. The smallest absolute Gasteiger partial charge is 0.240 e. The minimum atomic E-state index is -0.283. The Morgan fingerprint density at radius 2 is 1.23 bits per heavy atom. The highest BCUT2D eigenvalue weighted by Crippen LogP contribution is 2.26. The van der Waals surface area contributed by atoms with Gasteiger partial charge in [-0.3, -0.25) is 9.59 Å². The Morgan fingerprint density at radius 1 is 0.742 bits per heavy atom. The van der Waals surface area contributed by atoms with Crippen molar-refractivity contribution in [1.29, 1.82) is 0 Å². The molecule has 158 valence electrons. The molecule has 0 aliphatic rings. The van der Waals surface area contributed by atoms with E-state index in [0.717, 1.165) is 22.4 Å². The van der Waals surface area contributed by atoms with Gasteiger partial charge in [-0.05, 0) is 23.6 Å². The number of hydrogen-bond donors (Lipinski definition) is 2. The van der Waals surface area contributed by atoms with Crippen LogP contribution in [0.1, 0.15) is 42.4 Å². The van der Waals surface area contributed by atoms with E-state index in [2.05, 4.69) is 40.1 Å². The third kappa shape index (κ3) is 6.93. The maximum Gasteiger partial charge on any atom is 0.240 e. The predicted molar refractivity (Wildman–Crippen MR) is 124 cm³/mol. The van der Waals surface area contributed by atoms with Crippen LogP contribution in [0.3, 0.4) is 0 Å².